The molecule has 0 amide bonds. The second-order valence-corrected chi connectivity index (χ2v) is 2.87. The van der Waals surface area contributed by atoms with E-state index in [-0.39, 0.29) is 18.0 Å². The first-order chi connectivity index (χ1) is 6.15. The molecule has 3 N–H and O–H groups in total. The minimum absolute atomic E-state index is 0.148. The molecule has 0 saturated carbocycles. The summed E-state index contributed by atoms with van der Waals surface area (Å²) in [5.41, 5.74) is 7.12. The standard InChI is InChI=1S/C9H11N3O/c1-6-7(8(11)4-5-10)2-3-9(13)12-6/h2-3,8H,4,11H2,1H3,(H,12,13). The number of nitrogens with one attached hydrogen (secondary N) is 1. The lowest BCUT2D eigenvalue weighted by Crippen LogP contribution is -2.15. The number of nitriles is 1. The molecule has 0 aliphatic heterocycles. The maximum absolute atomic E-state index is 10.9. The van der Waals surface area contributed by atoms with Crippen molar-refractivity contribution in [3.8, 4) is 6.07 Å². The van der Waals surface area contributed by atoms with Crippen molar-refractivity contribution in [1.29, 1.82) is 5.26 Å². The highest BCUT2D eigenvalue weighted by Gasteiger charge is 2.08. The Bertz CT molecular complexity index is 389. The first-order valence-electron chi connectivity index (χ1n) is 3.97. The van der Waals surface area contributed by atoms with E-state index in [0.717, 1.165) is 11.3 Å². The van der Waals surface area contributed by atoms with E-state index in [1.807, 2.05) is 6.07 Å². The zero-order valence-electron chi connectivity index (χ0n) is 7.37. The van der Waals surface area contributed by atoms with E-state index in [4.69, 9.17) is 11.0 Å². The van der Waals surface area contributed by atoms with Gasteiger partial charge in [-0.2, -0.15) is 5.26 Å². The molecule has 0 spiro atoms. The molecule has 1 aromatic rings. The van der Waals surface area contributed by atoms with Crippen LogP contribution >= 0.6 is 0 Å². The molecule has 68 valence electrons. The van der Waals surface area contributed by atoms with Crippen molar-refractivity contribution in [2.24, 2.45) is 5.73 Å². The van der Waals surface area contributed by atoms with Crippen molar-refractivity contribution in [1.82, 2.24) is 4.98 Å². The van der Waals surface area contributed by atoms with Crippen molar-refractivity contribution in [2.45, 2.75) is 19.4 Å². The molecule has 4 heteroatoms. The normalized spacial score (nSPS) is 12.1. The lowest BCUT2D eigenvalue weighted by atomic mass is 10.0. The Kier molecular flexibility index (Phi) is 2.83. The van der Waals surface area contributed by atoms with Crippen LogP contribution in [0.2, 0.25) is 0 Å². The van der Waals surface area contributed by atoms with Gasteiger partial charge in [0.25, 0.3) is 0 Å². The minimum atomic E-state index is -0.318. The fraction of sp³-hybridized carbons (Fsp3) is 0.333. The van der Waals surface area contributed by atoms with Gasteiger partial charge < -0.3 is 10.7 Å². The van der Waals surface area contributed by atoms with Crippen molar-refractivity contribution in [3.63, 3.8) is 0 Å². The SMILES string of the molecule is Cc1[nH]c(=O)ccc1C(N)CC#N. The number of hydrogen-bond donors (Lipinski definition) is 2. The Labute approximate surface area is 76.0 Å². The van der Waals surface area contributed by atoms with E-state index in [1.54, 1.807) is 13.0 Å². The van der Waals surface area contributed by atoms with Crippen LogP contribution in [0, 0.1) is 18.3 Å². The molecule has 1 heterocycles. The van der Waals surface area contributed by atoms with Crippen molar-refractivity contribution < 1.29 is 0 Å². The predicted octanol–water partition coefficient (Wildman–Crippen LogP) is 0.597. The first kappa shape index (κ1) is 9.49. The molecule has 13 heavy (non-hydrogen) atoms. The number of hydrogen-bond acceptors (Lipinski definition) is 3. The summed E-state index contributed by atoms with van der Waals surface area (Å²) in [6, 6.07) is 4.75. The third-order valence-electron chi connectivity index (χ3n) is 1.87. The van der Waals surface area contributed by atoms with Crippen molar-refractivity contribution in [2.75, 3.05) is 0 Å². The molecular weight excluding hydrogens is 166 g/mol. The van der Waals surface area contributed by atoms with E-state index in [0.29, 0.717) is 0 Å². The number of nitrogens with zero attached hydrogens (tertiary/aromatic N) is 1. The summed E-state index contributed by atoms with van der Waals surface area (Å²) in [7, 11) is 0. The lowest BCUT2D eigenvalue weighted by Gasteiger charge is -2.09. The molecular formula is C9H11N3O. The molecule has 4 nitrogen and oxygen atoms in total. The fourth-order valence-electron chi connectivity index (χ4n) is 1.20. The number of pyridine rings is 1. The number of aryl methyl sites for hydroxylation is 1. The summed E-state index contributed by atoms with van der Waals surface area (Å²) in [4.78, 5) is 13.5. The molecule has 0 fully saturated rings. The molecule has 1 atom stereocenters. The number of rotatable bonds is 2. The quantitative estimate of drug-likeness (QED) is 0.693. The second kappa shape index (κ2) is 3.87. The zero-order chi connectivity index (χ0) is 9.84. The summed E-state index contributed by atoms with van der Waals surface area (Å²) in [5, 5.41) is 8.44. The highest BCUT2D eigenvalue weighted by Crippen LogP contribution is 2.14. The van der Waals surface area contributed by atoms with Gasteiger partial charge in [-0.25, -0.2) is 0 Å². The van der Waals surface area contributed by atoms with Crippen LogP contribution in [0.3, 0.4) is 0 Å². The van der Waals surface area contributed by atoms with E-state index in [9.17, 15) is 4.79 Å². The molecule has 0 radical (unpaired) electrons. The third kappa shape index (κ3) is 2.17. The molecule has 1 rings (SSSR count). The van der Waals surface area contributed by atoms with Crippen LogP contribution in [0.15, 0.2) is 16.9 Å². The topological polar surface area (TPSA) is 82.7 Å². The summed E-state index contributed by atoms with van der Waals surface area (Å²) in [6.07, 6.45) is 0.257. The monoisotopic (exact) mass is 177 g/mol. The third-order valence-corrected chi connectivity index (χ3v) is 1.87. The summed E-state index contributed by atoms with van der Waals surface area (Å²) in [6.45, 7) is 1.77. The maximum Gasteiger partial charge on any atom is 0.248 e. The highest BCUT2D eigenvalue weighted by atomic mass is 16.1. The van der Waals surface area contributed by atoms with Gasteiger partial charge in [0.2, 0.25) is 5.56 Å². The Balaban J connectivity index is 3.03. The molecule has 1 unspecified atom stereocenters. The van der Waals surface area contributed by atoms with Crippen LogP contribution in [0.25, 0.3) is 0 Å². The average molecular weight is 177 g/mol. The Hall–Kier alpha value is -1.60. The maximum atomic E-state index is 10.9. The van der Waals surface area contributed by atoms with Gasteiger partial charge in [0.05, 0.1) is 12.5 Å². The molecule has 0 aliphatic carbocycles. The van der Waals surface area contributed by atoms with Crippen LogP contribution in [0.4, 0.5) is 0 Å². The van der Waals surface area contributed by atoms with E-state index >= 15 is 0 Å². The van der Waals surface area contributed by atoms with Gasteiger partial charge in [0.1, 0.15) is 0 Å². The van der Waals surface area contributed by atoms with Gasteiger partial charge in [-0.1, -0.05) is 6.07 Å². The van der Waals surface area contributed by atoms with Gasteiger partial charge in [0.15, 0.2) is 0 Å². The number of nitrogens with two attached hydrogens (primary N) is 1. The van der Waals surface area contributed by atoms with E-state index < -0.39 is 0 Å². The summed E-state index contributed by atoms with van der Waals surface area (Å²) < 4.78 is 0. The van der Waals surface area contributed by atoms with Crippen LogP contribution in [0.1, 0.15) is 23.7 Å². The molecule has 1 aromatic heterocycles. The van der Waals surface area contributed by atoms with Crippen LogP contribution in [-0.4, -0.2) is 4.98 Å². The lowest BCUT2D eigenvalue weighted by molar-refractivity contribution is 0.734. The van der Waals surface area contributed by atoms with E-state index in [2.05, 4.69) is 4.98 Å². The Morgan fingerprint density at radius 2 is 2.38 bits per heavy atom. The number of H-pyrrole nitrogens is 1. The smallest absolute Gasteiger partial charge is 0.248 e. The van der Waals surface area contributed by atoms with Crippen LogP contribution in [0.5, 0.6) is 0 Å². The Morgan fingerprint density at radius 3 is 2.92 bits per heavy atom. The first-order valence-corrected chi connectivity index (χ1v) is 3.97. The fourth-order valence-corrected chi connectivity index (χ4v) is 1.20. The molecule has 0 saturated heterocycles. The van der Waals surface area contributed by atoms with Gasteiger partial charge in [0, 0.05) is 17.8 Å². The molecule has 0 aliphatic rings. The van der Waals surface area contributed by atoms with Gasteiger partial charge in [-0.3, -0.25) is 4.79 Å². The highest BCUT2D eigenvalue weighted by molar-refractivity contribution is 5.22. The molecule has 0 aromatic carbocycles. The predicted molar refractivity (Wildman–Crippen MR) is 49.0 cm³/mol. The number of aromatic amines is 1. The zero-order valence-corrected chi connectivity index (χ0v) is 7.37. The largest absolute Gasteiger partial charge is 0.326 e. The van der Waals surface area contributed by atoms with Crippen LogP contribution < -0.4 is 11.3 Å². The summed E-state index contributed by atoms with van der Waals surface area (Å²) in [5.74, 6) is 0. The summed E-state index contributed by atoms with van der Waals surface area (Å²) >= 11 is 0. The average Bonchev–Trinajstić information content (AvgIpc) is 2.04. The van der Waals surface area contributed by atoms with Crippen LogP contribution in [-0.2, 0) is 0 Å². The van der Waals surface area contributed by atoms with Gasteiger partial charge >= 0.3 is 0 Å². The van der Waals surface area contributed by atoms with Crippen molar-refractivity contribution in [3.05, 3.63) is 33.7 Å². The van der Waals surface area contributed by atoms with Gasteiger partial charge in [-0.05, 0) is 12.5 Å². The number of aromatic nitrogens is 1. The Morgan fingerprint density at radius 1 is 1.69 bits per heavy atom. The minimum Gasteiger partial charge on any atom is -0.326 e. The van der Waals surface area contributed by atoms with E-state index in [1.165, 1.54) is 6.07 Å². The second-order valence-electron chi connectivity index (χ2n) is 2.87. The van der Waals surface area contributed by atoms with Crippen molar-refractivity contribution >= 4 is 0 Å². The van der Waals surface area contributed by atoms with Gasteiger partial charge in [-0.15, -0.1) is 0 Å². The molecule has 0 bridgehead atoms.